The third-order valence-corrected chi connectivity index (χ3v) is 5.00. The zero-order valence-electron chi connectivity index (χ0n) is 16.4. The van der Waals surface area contributed by atoms with Crippen molar-refractivity contribution in [2.75, 3.05) is 27.3 Å². The second kappa shape index (κ2) is 9.03. The van der Waals surface area contributed by atoms with Crippen molar-refractivity contribution in [1.82, 2.24) is 15.2 Å². The van der Waals surface area contributed by atoms with Crippen LogP contribution in [0.25, 0.3) is 0 Å². The maximum Gasteiger partial charge on any atom is 0.256 e. The van der Waals surface area contributed by atoms with Gasteiger partial charge in [0.15, 0.2) is 17.1 Å². The molecule has 1 saturated heterocycles. The molecule has 2 heterocycles. The molecular formula is C21H27N3O4. The number of rotatable bonds is 8. The number of piperidine rings is 1. The minimum atomic E-state index is -1.42. The van der Waals surface area contributed by atoms with Crippen molar-refractivity contribution in [2.45, 2.75) is 31.5 Å². The fourth-order valence-electron chi connectivity index (χ4n) is 3.56. The number of pyridine rings is 1. The van der Waals surface area contributed by atoms with E-state index in [9.17, 15) is 9.90 Å². The zero-order chi connectivity index (χ0) is 20.0. The van der Waals surface area contributed by atoms with Gasteiger partial charge in [-0.2, -0.15) is 0 Å². The Bertz CT molecular complexity index is 799. The molecule has 28 heavy (non-hydrogen) atoms. The molecule has 1 atom stereocenters. The lowest BCUT2D eigenvalue weighted by atomic mass is 9.91. The molecule has 0 bridgehead atoms. The molecule has 0 radical (unpaired) electrons. The first-order chi connectivity index (χ1) is 13.6. The van der Waals surface area contributed by atoms with E-state index < -0.39 is 5.60 Å². The lowest BCUT2D eigenvalue weighted by Gasteiger charge is -2.38. The maximum atomic E-state index is 13.0. The summed E-state index contributed by atoms with van der Waals surface area (Å²) in [5, 5.41) is 14.1. The monoisotopic (exact) mass is 385 g/mol. The van der Waals surface area contributed by atoms with Gasteiger partial charge in [0.25, 0.3) is 5.91 Å². The Morgan fingerprint density at radius 1 is 1.21 bits per heavy atom. The number of carbonyl (C=O) groups excluding carboxylic acids is 1. The highest BCUT2D eigenvalue weighted by Gasteiger charge is 2.42. The normalized spacial score (nSPS) is 19.5. The number of aliphatic hydroxyl groups is 1. The van der Waals surface area contributed by atoms with Crippen LogP contribution in [0.2, 0.25) is 0 Å². The topological polar surface area (TPSA) is 83.9 Å². The summed E-state index contributed by atoms with van der Waals surface area (Å²) in [6, 6.07) is 11.3. The molecule has 1 fully saturated rings. The first kappa shape index (κ1) is 20.1. The lowest BCUT2D eigenvalue weighted by molar-refractivity contribution is -0.157. The molecule has 1 aromatic heterocycles. The van der Waals surface area contributed by atoms with Gasteiger partial charge in [-0.05, 0) is 31.0 Å². The second-order valence-electron chi connectivity index (χ2n) is 6.94. The van der Waals surface area contributed by atoms with E-state index in [0.717, 1.165) is 17.7 Å². The summed E-state index contributed by atoms with van der Waals surface area (Å²) in [5.74, 6) is 0.967. The lowest BCUT2D eigenvalue weighted by Crippen LogP contribution is -2.57. The molecule has 0 saturated carbocycles. The van der Waals surface area contributed by atoms with E-state index in [1.807, 2.05) is 36.4 Å². The number of carbonyl (C=O) groups is 1. The molecule has 150 valence electrons. The number of para-hydroxylation sites is 1. The predicted octanol–water partition coefficient (Wildman–Crippen LogP) is 1.74. The molecular weight excluding hydrogens is 358 g/mol. The third kappa shape index (κ3) is 4.43. The number of nitrogens with zero attached hydrogens (tertiary/aromatic N) is 2. The summed E-state index contributed by atoms with van der Waals surface area (Å²) in [6.07, 6.45) is 2.90. The Morgan fingerprint density at radius 2 is 2.07 bits per heavy atom. The van der Waals surface area contributed by atoms with Gasteiger partial charge in [0.1, 0.15) is 0 Å². The van der Waals surface area contributed by atoms with Gasteiger partial charge >= 0.3 is 0 Å². The summed E-state index contributed by atoms with van der Waals surface area (Å²) in [6.45, 7) is 1.65. The van der Waals surface area contributed by atoms with Crippen LogP contribution in [0.3, 0.4) is 0 Å². The number of benzene rings is 1. The van der Waals surface area contributed by atoms with Crippen molar-refractivity contribution in [2.24, 2.45) is 0 Å². The summed E-state index contributed by atoms with van der Waals surface area (Å²) in [4.78, 5) is 18.9. The van der Waals surface area contributed by atoms with Crippen LogP contribution in [0.1, 0.15) is 24.1 Å². The summed E-state index contributed by atoms with van der Waals surface area (Å²) in [7, 11) is 3.16. The molecule has 1 aromatic carbocycles. The van der Waals surface area contributed by atoms with Gasteiger partial charge in [-0.1, -0.05) is 18.2 Å². The zero-order valence-corrected chi connectivity index (χ0v) is 16.4. The van der Waals surface area contributed by atoms with Gasteiger partial charge in [-0.3, -0.25) is 9.78 Å². The Kier molecular flexibility index (Phi) is 6.49. The molecule has 7 heteroatoms. The molecule has 0 aliphatic carbocycles. The molecule has 1 unspecified atom stereocenters. The smallest absolute Gasteiger partial charge is 0.256 e. The van der Waals surface area contributed by atoms with Gasteiger partial charge in [-0.25, -0.2) is 0 Å². The fourth-order valence-corrected chi connectivity index (χ4v) is 3.56. The van der Waals surface area contributed by atoms with Crippen LogP contribution in [-0.2, 0) is 17.9 Å². The number of nitrogens with one attached hydrogen (secondary N) is 1. The molecule has 0 spiro atoms. The van der Waals surface area contributed by atoms with Crippen molar-refractivity contribution in [1.29, 1.82) is 0 Å². The van der Waals surface area contributed by atoms with Crippen molar-refractivity contribution in [3.8, 4) is 11.5 Å². The van der Waals surface area contributed by atoms with Crippen LogP contribution < -0.4 is 14.8 Å². The molecule has 1 aliphatic heterocycles. The predicted molar refractivity (Wildman–Crippen MR) is 105 cm³/mol. The van der Waals surface area contributed by atoms with Gasteiger partial charge in [-0.15, -0.1) is 0 Å². The fraction of sp³-hybridized carbons (Fsp3) is 0.429. The first-order valence-corrected chi connectivity index (χ1v) is 9.39. The highest BCUT2D eigenvalue weighted by molar-refractivity contribution is 5.86. The van der Waals surface area contributed by atoms with E-state index in [1.54, 1.807) is 25.3 Å². The van der Waals surface area contributed by atoms with Crippen molar-refractivity contribution in [3.63, 3.8) is 0 Å². The van der Waals surface area contributed by atoms with E-state index in [0.29, 0.717) is 37.6 Å². The van der Waals surface area contributed by atoms with Crippen LogP contribution in [0.4, 0.5) is 0 Å². The van der Waals surface area contributed by atoms with Crippen molar-refractivity contribution >= 4 is 5.91 Å². The Labute approximate surface area is 165 Å². The minimum absolute atomic E-state index is 0.189. The molecule has 3 rings (SSSR count). The summed E-state index contributed by atoms with van der Waals surface area (Å²) >= 11 is 0. The van der Waals surface area contributed by atoms with Crippen molar-refractivity contribution < 1.29 is 19.4 Å². The van der Waals surface area contributed by atoms with E-state index in [2.05, 4.69) is 10.3 Å². The Balaban J connectivity index is 1.66. The first-order valence-electron chi connectivity index (χ1n) is 9.39. The minimum Gasteiger partial charge on any atom is -0.493 e. The van der Waals surface area contributed by atoms with Gasteiger partial charge in [0.05, 0.1) is 19.9 Å². The molecule has 2 aromatic rings. The third-order valence-electron chi connectivity index (χ3n) is 5.00. The van der Waals surface area contributed by atoms with Crippen LogP contribution in [0.5, 0.6) is 11.5 Å². The standard InChI is InChI=1S/C21H27N3O4/c1-27-18-9-5-7-16(19(18)28-2)14-24-12-6-10-21(26,20(24)25)15-22-13-17-8-3-4-11-23-17/h3-5,7-9,11,22,26H,6,10,12-15H2,1-2H3. The molecule has 1 aliphatic rings. The van der Waals surface area contributed by atoms with Gasteiger partial charge in [0.2, 0.25) is 0 Å². The maximum absolute atomic E-state index is 13.0. The Morgan fingerprint density at radius 3 is 2.79 bits per heavy atom. The summed E-state index contributed by atoms with van der Waals surface area (Å²) in [5.41, 5.74) is 0.298. The van der Waals surface area contributed by atoms with Gasteiger partial charge in [0, 0.05) is 37.9 Å². The number of ether oxygens (including phenoxy) is 2. The quantitative estimate of drug-likeness (QED) is 0.720. The van der Waals surface area contributed by atoms with E-state index >= 15 is 0 Å². The van der Waals surface area contributed by atoms with E-state index in [-0.39, 0.29) is 12.5 Å². The van der Waals surface area contributed by atoms with Crippen molar-refractivity contribution in [3.05, 3.63) is 53.9 Å². The number of likely N-dealkylation sites (tertiary alicyclic amines) is 1. The van der Waals surface area contributed by atoms with E-state index in [1.165, 1.54) is 0 Å². The second-order valence-corrected chi connectivity index (χ2v) is 6.94. The average Bonchev–Trinajstić information content (AvgIpc) is 2.72. The van der Waals surface area contributed by atoms with Crippen LogP contribution >= 0.6 is 0 Å². The summed E-state index contributed by atoms with van der Waals surface area (Å²) < 4.78 is 10.8. The number of hydrogen-bond acceptors (Lipinski definition) is 6. The Hall–Kier alpha value is -2.64. The molecule has 7 nitrogen and oxygen atoms in total. The van der Waals surface area contributed by atoms with Crippen LogP contribution in [-0.4, -0.2) is 53.8 Å². The van der Waals surface area contributed by atoms with E-state index in [4.69, 9.17) is 9.47 Å². The largest absolute Gasteiger partial charge is 0.493 e. The number of methoxy groups -OCH3 is 2. The SMILES string of the molecule is COc1cccc(CN2CCCC(O)(CNCc3ccccn3)C2=O)c1OC. The highest BCUT2D eigenvalue weighted by Crippen LogP contribution is 2.33. The number of aromatic nitrogens is 1. The number of hydrogen-bond donors (Lipinski definition) is 2. The average molecular weight is 385 g/mol. The highest BCUT2D eigenvalue weighted by atomic mass is 16.5. The van der Waals surface area contributed by atoms with Crippen LogP contribution in [0.15, 0.2) is 42.6 Å². The molecule has 1 amide bonds. The van der Waals surface area contributed by atoms with Gasteiger partial charge < -0.3 is 24.8 Å². The molecule has 2 N–H and O–H groups in total. The number of amides is 1. The van der Waals surface area contributed by atoms with Crippen LogP contribution in [0, 0.1) is 0 Å².